The molecular weight excluding hydrogens is 110 g/mol. The number of carbonyl (C=O) groups is 1. The van der Waals surface area contributed by atoms with Gasteiger partial charge in [-0.25, -0.2) is 0 Å². The molecule has 0 aromatic carbocycles. The minimum absolute atomic E-state index is 0.330. The van der Waals surface area contributed by atoms with Crippen molar-refractivity contribution in [3.05, 3.63) is 12.0 Å². The Morgan fingerprint density at radius 3 is 2.75 bits per heavy atom. The Hall–Kier alpha value is -1.23. The number of hydrogen-bond acceptors (Lipinski definition) is 4. The first-order valence-electron chi connectivity index (χ1n) is 2.01. The number of aliphatic hydroxyl groups is 1. The number of hydrogen-bond donors (Lipinski definition) is 4. The maximum Gasteiger partial charge on any atom is 0.303 e. The molecule has 0 aliphatic carbocycles. The Bertz CT molecular complexity index is 141. The zero-order chi connectivity index (χ0) is 5.98. The summed E-state index contributed by atoms with van der Waals surface area (Å²) < 4.78 is 0. The molecule has 1 amide bonds. The van der Waals surface area contributed by atoms with Crippen molar-refractivity contribution < 1.29 is 9.90 Å². The molecule has 1 heterocycles. The van der Waals surface area contributed by atoms with E-state index in [9.17, 15) is 4.79 Å². The van der Waals surface area contributed by atoms with Crippen LogP contribution in [-0.4, -0.2) is 11.0 Å². The summed E-state index contributed by atoms with van der Waals surface area (Å²) in [6.07, 6.45) is 1.15. The molecular formula is C3H5N3O2. The van der Waals surface area contributed by atoms with Gasteiger partial charge >= 0.3 is 5.91 Å². The molecule has 8 heavy (non-hydrogen) atoms. The van der Waals surface area contributed by atoms with Crippen LogP contribution < -0.4 is 16.4 Å². The zero-order valence-corrected chi connectivity index (χ0v) is 3.93. The molecule has 0 saturated carbocycles. The predicted molar refractivity (Wildman–Crippen MR) is 25.1 cm³/mol. The van der Waals surface area contributed by atoms with E-state index in [4.69, 9.17) is 5.11 Å². The standard InChI is InChI=1S/C3H5N3O2/c7-2-1-4-6-5-3(2)8/h1,4,6-7H,(H,5,8). The van der Waals surface area contributed by atoms with Crippen molar-refractivity contribution in [1.82, 2.24) is 16.4 Å². The lowest BCUT2D eigenvalue weighted by Crippen LogP contribution is -2.48. The molecule has 0 aromatic rings. The largest absolute Gasteiger partial charge is 0.502 e. The van der Waals surface area contributed by atoms with Gasteiger partial charge in [0.25, 0.3) is 0 Å². The minimum atomic E-state index is -0.538. The van der Waals surface area contributed by atoms with Crippen molar-refractivity contribution in [1.29, 1.82) is 0 Å². The molecule has 1 aliphatic rings. The molecule has 5 nitrogen and oxygen atoms in total. The van der Waals surface area contributed by atoms with Crippen molar-refractivity contribution in [2.24, 2.45) is 0 Å². The van der Waals surface area contributed by atoms with Gasteiger partial charge in [0.1, 0.15) is 0 Å². The summed E-state index contributed by atoms with van der Waals surface area (Å²) in [4.78, 5) is 10.3. The highest BCUT2D eigenvalue weighted by Crippen LogP contribution is 1.84. The molecule has 0 unspecified atom stereocenters. The van der Waals surface area contributed by atoms with Gasteiger partial charge in [-0.05, 0) is 0 Å². The molecule has 0 aromatic heterocycles. The van der Waals surface area contributed by atoms with Gasteiger partial charge in [-0.3, -0.25) is 10.2 Å². The van der Waals surface area contributed by atoms with E-state index in [0.29, 0.717) is 0 Å². The van der Waals surface area contributed by atoms with E-state index >= 15 is 0 Å². The summed E-state index contributed by atoms with van der Waals surface area (Å²) in [6, 6.07) is 0. The fourth-order valence-corrected chi connectivity index (χ4v) is 0.327. The highest BCUT2D eigenvalue weighted by Gasteiger charge is 2.08. The molecule has 1 aliphatic heterocycles. The summed E-state index contributed by atoms with van der Waals surface area (Å²) in [5, 5.41) is 8.52. The molecule has 44 valence electrons. The molecule has 0 fully saturated rings. The van der Waals surface area contributed by atoms with Crippen molar-refractivity contribution in [3.63, 3.8) is 0 Å². The molecule has 1 rings (SSSR count). The number of amides is 1. The van der Waals surface area contributed by atoms with E-state index in [1.807, 2.05) is 0 Å². The minimum Gasteiger partial charge on any atom is -0.502 e. The second-order valence-corrected chi connectivity index (χ2v) is 1.25. The fraction of sp³-hybridized carbons (Fsp3) is 0. The average Bonchev–Trinajstić information content (AvgIpc) is 1.77. The van der Waals surface area contributed by atoms with Crippen LogP contribution in [-0.2, 0) is 4.79 Å². The van der Waals surface area contributed by atoms with Crippen molar-refractivity contribution in [3.8, 4) is 0 Å². The van der Waals surface area contributed by atoms with E-state index < -0.39 is 5.91 Å². The lowest BCUT2D eigenvalue weighted by Gasteiger charge is -2.10. The summed E-state index contributed by atoms with van der Waals surface area (Å²) >= 11 is 0. The van der Waals surface area contributed by atoms with Gasteiger partial charge in [-0.15, -0.1) is 5.53 Å². The highest BCUT2D eigenvalue weighted by molar-refractivity contribution is 5.90. The van der Waals surface area contributed by atoms with Crippen molar-refractivity contribution >= 4 is 5.91 Å². The van der Waals surface area contributed by atoms with Crippen LogP contribution in [0.25, 0.3) is 0 Å². The van der Waals surface area contributed by atoms with Gasteiger partial charge in [0.05, 0.1) is 6.20 Å². The maximum absolute atomic E-state index is 10.3. The molecule has 0 saturated heterocycles. The Kier molecular flexibility index (Phi) is 1.05. The van der Waals surface area contributed by atoms with Crippen LogP contribution in [0.3, 0.4) is 0 Å². The van der Waals surface area contributed by atoms with Gasteiger partial charge in [0.15, 0.2) is 5.76 Å². The van der Waals surface area contributed by atoms with E-state index in [-0.39, 0.29) is 5.76 Å². The van der Waals surface area contributed by atoms with Gasteiger partial charge < -0.3 is 10.5 Å². The average molecular weight is 115 g/mol. The van der Waals surface area contributed by atoms with Crippen LogP contribution in [0.4, 0.5) is 0 Å². The lowest BCUT2D eigenvalue weighted by molar-refractivity contribution is -0.121. The number of aliphatic hydroxyl groups excluding tert-OH is 1. The van der Waals surface area contributed by atoms with Crippen LogP contribution in [0.5, 0.6) is 0 Å². The third-order valence-corrected chi connectivity index (χ3v) is 0.690. The Morgan fingerprint density at radius 1 is 1.62 bits per heavy atom. The van der Waals surface area contributed by atoms with E-state index in [2.05, 4.69) is 16.4 Å². The molecule has 0 atom stereocenters. The van der Waals surface area contributed by atoms with Gasteiger partial charge in [0.2, 0.25) is 0 Å². The number of nitrogens with one attached hydrogen (secondary N) is 3. The van der Waals surface area contributed by atoms with E-state index in [1.165, 1.54) is 0 Å². The van der Waals surface area contributed by atoms with Gasteiger partial charge in [0, 0.05) is 0 Å². The number of hydrazine groups is 2. The molecule has 0 bridgehead atoms. The molecule has 0 radical (unpaired) electrons. The van der Waals surface area contributed by atoms with Crippen LogP contribution >= 0.6 is 0 Å². The monoisotopic (exact) mass is 115 g/mol. The second-order valence-electron chi connectivity index (χ2n) is 1.25. The smallest absolute Gasteiger partial charge is 0.303 e. The van der Waals surface area contributed by atoms with E-state index in [0.717, 1.165) is 6.20 Å². The quantitative estimate of drug-likeness (QED) is 0.311. The number of carbonyl (C=O) groups excluding carboxylic acids is 1. The third-order valence-electron chi connectivity index (χ3n) is 0.690. The SMILES string of the molecule is O=C1NNNC=C1O. The first-order valence-corrected chi connectivity index (χ1v) is 2.01. The van der Waals surface area contributed by atoms with Crippen LogP contribution in [0.1, 0.15) is 0 Å². The van der Waals surface area contributed by atoms with Crippen LogP contribution in [0, 0.1) is 0 Å². The normalized spacial score (nSPS) is 18.5. The topological polar surface area (TPSA) is 73.4 Å². The molecule has 4 N–H and O–H groups in total. The van der Waals surface area contributed by atoms with Gasteiger partial charge in [-0.1, -0.05) is 0 Å². The Morgan fingerprint density at radius 2 is 2.38 bits per heavy atom. The lowest BCUT2D eigenvalue weighted by atomic mass is 10.5. The molecule has 0 spiro atoms. The Balaban J connectivity index is 2.67. The Labute approximate surface area is 45.3 Å². The molecule has 5 heteroatoms. The summed E-state index contributed by atoms with van der Waals surface area (Å²) in [5.74, 6) is -0.868. The number of rotatable bonds is 0. The first-order chi connectivity index (χ1) is 3.80. The summed E-state index contributed by atoms with van der Waals surface area (Å²) in [5.41, 5.74) is 6.76. The second kappa shape index (κ2) is 1.71. The predicted octanol–water partition coefficient (Wildman–Crippen LogP) is -1.48. The van der Waals surface area contributed by atoms with Crippen LogP contribution in [0.15, 0.2) is 12.0 Å². The van der Waals surface area contributed by atoms with Crippen molar-refractivity contribution in [2.45, 2.75) is 0 Å². The maximum atomic E-state index is 10.3. The summed E-state index contributed by atoms with van der Waals surface area (Å²) in [7, 11) is 0. The first kappa shape index (κ1) is 4.92. The third kappa shape index (κ3) is 0.710. The fourth-order valence-electron chi connectivity index (χ4n) is 0.327. The van der Waals surface area contributed by atoms with Gasteiger partial charge in [-0.2, -0.15) is 0 Å². The van der Waals surface area contributed by atoms with Crippen molar-refractivity contribution in [2.75, 3.05) is 0 Å². The van der Waals surface area contributed by atoms with Crippen LogP contribution in [0.2, 0.25) is 0 Å². The summed E-state index contributed by atoms with van der Waals surface area (Å²) in [6.45, 7) is 0. The zero-order valence-electron chi connectivity index (χ0n) is 3.93. The van der Waals surface area contributed by atoms with E-state index in [1.54, 1.807) is 0 Å². The highest BCUT2D eigenvalue weighted by atomic mass is 16.3.